The number of hydrogen-bond acceptors (Lipinski definition) is 6. The number of carbonyl (C=O) groups is 2. The number of anilines is 1. The Balaban J connectivity index is 1.72. The van der Waals surface area contributed by atoms with Gasteiger partial charge in [0, 0.05) is 22.8 Å². The Hall–Kier alpha value is -1.94. The van der Waals surface area contributed by atoms with Crippen LogP contribution in [0.15, 0.2) is 29.2 Å². The largest absolute Gasteiger partial charge is 0.449 e. The van der Waals surface area contributed by atoms with Crippen LogP contribution in [0.3, 0.4) is 0 Å². The van der Waals surface area contributed by atoms with Crippen molar-refractivity contribution < 1.29 is 22.7 Å². The first-order chi connectivity index (χ1) is 14.6. The number of sulfonamides is 1. The van der Waals surface area contributed by atoms with Gasteiger partial charge in [0.15, 0.2) is 6.10 Å². The van der Waals surface area contributed by atoms with Gasteiger partial charge in [0.05, 0.1) is 21.2 Å². The number of benzene rings is 1. The predicted octanol–water partition coefficient (Wildman–Crippen LogP) is 4.38. The average molecular weight is 485 g/mol. The standard InChI is InChI=1S/C21H25ClN2O5S2/c1-13-11-17(15(3)30-13)21(26)29-14(2)20(25)23-19-12-16(7-8-18(19)22)31(27,28)24-9-5-4-6-10-24/h7-8,11-12,14H,4-6,9-10H2,1-3H3,(H,23,25)/t14-/m0/s1. The zero-order chi connectivity index (χ0) is 22.8. The lowest BCUT2D eigenvalue weighted by Crippen LogP contribution is -2.35. The summed E-state index contributed by atoms with van der Waals surface area (Å²) in [4.78, 5) is 26.8. The van der Waals surface area contributed by atoms with Gasteiger partial charge in [-0.25, -0.2) is 13.2 Å². The van der Waals surface area contributed by atoms with E-state index in [0.29, 0.717) is 18.7 Å². The summed E-state index contributed by atoms with van der Waals surface area (Å²) in [6.45, 7) is 6.09. The second-order valence-electron chi connectivity index (χ2n) is 7.47. The number of carbonyl (C=O) groups excluding carboxylic acids is 2. The number of halogens is 1. The Labute approximate surface area is 191 Å². The van der Waals surface area contributed by atoms with Crippen LogP contribution in [0.25, 0.3) is 0 Å². The normalized spacial score (nSPS) is 16.0. The summed E-state index contributed by atoms with van der Waals surface area (Å²) in [6, 6.07) is 5.92. The minimum Gasteiger partial charge on any atom is -0.449 e. The van der Waals surface area contributed by atoms with E-state index in [1.54, 1.807) is 6.07 Å². The summed E-state index contributed by atoms with van der Waals surface area (Å²) < 4.78 is 32.5. The molecule has 1 fully saturated rings. The van der Waals surface area contributed by atoms with Crippen LogP contribution < -0.4 is 5.32 Å². The summed E-state index contributed by atoms with van der Waals surface area (Å²) in [7, 11) is -3.68. The number of ether oxygens (including phenoxy) is 1. The monoisotopic (exact) mass is 484 g/mol. The van der Waals surface area contributed by atoms with Crippen molar-refractivity contribution in [3.63, 3.8) is 0 Å². The van der Waals surface area contributed by atoms with Crippen LogP contribution in [0.4, 0.5) is 5.69 Å². The van der Waals surface area contributed by atoms with Crippen molar-refractivity contribution >= 4 is 50.5 Å². The highest BCUT2D eigenvalue weighted by atomic mass is 35.5. The number of amides is 1. The quantitative estimate of drug-likeness (QED) is 0.614. The van der Waals surface area contributed by atoms with Crippen molar-refractivity contribution in [2.45, 2.75) is 51.0 Å². The van der Waals surface area contributed by atoms with Gasteiger partial charge in [-0.3, -0.25) is 4.79 Å². The van der Waals surface area contributed by atoms with E-state index < -0.39 is 28.0 Å². The number of hydrogen-bond donors (Lipinski definition) is 1. The SMILES string of the molecule is Cc1cc(C(=O)O[C@@H](C)C(=O)Nc2cc(S(=O)(=O)N3CCCCC3)ccc2Cl)c(C)s1. The molecule has 31 heavy (non-hydrogen) atoms. The highest BCUT2D eigenvalue weighted by Crippen LogP contribution is 2.29. The van der Waals surface area contributed by atoms with E-state index in [1.165, 1.54) is 40.8 Å². The lowest BCUT2D eigenvalue weighted by molar-refractivity contribution is -0.123. The number of thiophene rings is 1. The second kappa shape index (κ2) is 9.68. The molecule has 0 spiro atoms. The summed E-state index contributed by atoms with van der Waals surface area (Å²) in [5, 5.41) is 2.76. The molecule has 1 aliphatic heterocycles. The van der Waals surface area contributed by atoms with Gasteiger partial charge in [-0.1, -0.05) is 18.0 Å². The van der Waals surface area contributed by atoms with Crippen molar-refractivity contribution in [2.24, 2.45) is 0 Å². The highest BCUT2D eigenvalue weighted by molar-refractivity contribution is 7.89. The lowest BCUT2D eigenvalue weighted by atomic mass is 10.2. The first kappa shape index (κ1) is 23.7. The third kappa shape index (κ3) is 5.46. The molecule has 1 aromatic carbocycles. The number of rotatable bonds is 6. The molecular weight excluding hydrogens is 460 g/mol. The van der Waals surface area contributed by atoms with Crippen molar-refractivity contribution in [2.75, 3.05) is 18.4 Å². The first-order valence-corrected chi connectivity index (χ1v) is 12.6. The molecule has 0 unspecified atom stereocenters. The van der Waals surface area contributed by atoms with Gasteiger partial charge in [-0.15, -0.1) is 11.3 Å². The molecule has 3 rings (SSSR count). The van der Waals surface area contributed by atoms with E-state index in [-0.39, 0.29) is 15.6 Å². The molecule has 0 bridgehead atoms. The second-order valence-corrected chi connectivity index (χ2v) is 11.3. The Bertz CT molecular complexity index is 1090. The maximum atomic E-state index is 12.9. The maximum absolute atomic E-state index is 12.9. The van der Waals surface area contributed by atoms with Gasteiger partial charge < -0.3 is 10.1 Å². The third-order valence-electron chi connectivity index (χ3n) is 5.06. The number of nitrogens with zero attached hydrogens (tertiary/aromatic N) is 1. The Kier molecular flexibility index (Phi) is 7.41. The molecule has 1 saturated heterocycles. The number of esters is 1. The molecule has 2 aromatic rings. The summed E-state index contributed by atoms with van der Waals surface area (Å²) >= 11 is 7.65. The molecule has 0 aliphatic carbocycles. The van der Waals surface area contributed by atoms with Crippen LogP contribution >= 0.6 is 22.9 Å². The number of piperidine rings is 1. The molecule has 168 valence electrons. The van der Waals surface area contributed by atoms with E-state index in [2.05, 4.69) is 5.32 Å². The Morgan fingerprint density at radius 3 is 2.45 bits per heavy atom. The van der Waals surface area contributed by atoms with Crippen LogP contribution in [0.1, 0.15) is 46.3 Å². The molecular formula is C21H25ClN2O5S2. The third-order valence-corrected chi connectivity index (χ3v) is 8.25. The van der Waals surface area contributed by atoms with Crippen molar-refractivity contribution in [1.82, 2.24) is 4.31 Å². The summed E-state index contributed by atoms with van der Waals surface area (Å²) in [6.07, 6.45) is 1.56. The van der Waals surface area contributed by atoms with Crippen molar-refractivity contribution in [3.05, 3.63) is 44.6 Å². The molecule has 1 amide bonds. The zero-order valence-corrected chi connectivity index (χ0v) is 20.0. The van der Waals surface area contributed by atoms with Crippen molar-refractivity contribution in [3.8, 4) is 0 Å². The zero-order valence-electron chi connectivity index (χ0n) is 17.6. The van der Waals surface area contributed by atoms with Gasteiger partial charge in [0.25, 0.3) is 5.91 Å². The van der Waals surface area contributed by atoms with Gasteiger partial charge >= 0.3 is 5.97 Å². The van der Waals surface area contributed by atoms with Crippen LogP contribution in [0.5, 0.6) is 0 Å². The van der Waals surface area contributed by atoms with E-state index in [4.69, 9.17) is 16.3 Å². The smallest absolute Gasteiger partial charge is 0.340 e. The first-order valence-electron chi connectivity index (χ1n) is 9.98. The van der Waals surface area contributed by atoms with Gasteiger partial charge in [0.2, 0.25) is 10.0 Å². The topological polar surface area (TPSA) is 92.8 Å². The Morgan fingerprint density at radius 1 is 1.16 bits per heavy atom. The van der Waals surface area contributed by atoms with E-state index in [9.17, 15) is 18.0 Å². The molecule has 1 aromatic heterocycles. The molecule has 2 heterocycles. The summed E-state index contributed by atoms with van der Waals surface area (Å²) in [5.74, 6) is -1.19. The fourth-order valence-electron chi connectivity index (χ4n) is 3.36. The molecule has 1 atom stereocenters. The van der Waals surface area contributed by atoms with E-state index in [1.807, 2.05) is 13.8 Å². The fraction of sp³-hybridized carbons (Fsp3) is 0.429. The Morgan fingerprint density at radius 2 is 1.84 bits per heavy atom. The molecule has 7 nitrogen and oxygen atoms in total. The molecule has 1 N–H and O–H groups in total. The van der Waals surface area contributed by atoms with Gasteiger partial charge in [-0.2, -0.15) is 4.31 Å². The molecule has 10 heteroatoms. The summed E-state index contributed by atoms with van der Waals surface area (Å²) in [5.41, 5.74) is 0.574. The van der Waals surface area contributed by atoms with Crippen LogP contribution in [-0.2, 0) is 19.6 Å². The fourth-order valence-corrected chi connectivity index (χ4v) is 5.98. The minimum atomic E-state index is -3.68. The predicted molar refractivity (Wildman–Crippen MR) is 121 cm³/mol. The number of aryl methyl sites for hydroxylation is 2. The van der Waals surface area contributed by atoms with Crippen LogP contribution in [0.2, 0.25) is 5.02 Å². The van der Waals surface area contributed by atoms with E-state index >= 15 is 0 Å². The van der Waals surface area contributed by atoms with Gasteiger partial charge in [-0.05, 0) is 57.9 Å². The average Bonchev–Trinajstić information content (AvgIpc) is 3.08. The molecule has 1 aliphatic rings. The highest BCUT2D eigenvalue weighted by Gasteiger charge is 2.27. The maximum Gasteiger partial charge on any atom is 0.340 e. The van der Waals surface area contributed by atoms with Gasteiger partial charge in [0.1, 0.15) is 0 Å². The van der Waals surface area contributed by atoms with Crippen LogP contribution in [-0.4, -0.2) is 43.8 Å². The molecule has 0 radical (unpaired) electrons. The molecule has 0 saturated carbocycles. The minimum absolute atomic E-state index is 0.0584. The van der Waals surface area contributed by atoms with Crippen LogP contribution in [0, 0.1) is 13.8 Å². The lowest BCUT2D eigenvalue weighted by Gasteiger charge is -2.26. The van der Waals surface area contributed by atoms with Crippen molar-refractivity contribution in [1.29, 1.82) is 0 Å². The van der Waals surface area contributed by atoms with E-state index in [0.717, 1.165) is 29.0 Å². The number of nitrogens with one attached hydrogen (secondary N) is 1.